The van der Waals surface area contributed by atoms with E-state index in [0.29, 0.717) is 11.8 Å². The van der Waals surface area contributed by atoms with E-state index in [9.17, 15) is 4.79 Å². The van der Waals surface area contributed by atoms with E-state index in [0.717, 1.165) is 32.1 Å². The van der Waals surface area contributed by atoms with Crippen molar-refractivity contribution < 1.29 is 9.53 Å². The smallest absolute Gasteiger partial charge is 0.308 e. The van der Waals surface area contributed by atoms with Crippen LogP contribution in [0.1, 0.15) is 66.2 Å². The summed E-state index contributed by atoms with van der Waals surface area (Å²) in [5, 5.41) is 0. The highest BCUT2D eigenvalue weighted by molar-refractivity contribution is 5.73. The molecule has 3 rings (SSSR count). The molecular formula is C21H32O2. The molecule has 0 aromatic carbocycles. The lowest BCUT2D eigenvalue weighted by molar-refractivity contribution is -0.157. The zero-order valence-corrected chi connectivity index (χ0v) is 15.4. The second kappa shape index (κ2) is 5.79. The van der Waals surface area contributed by atoms with Gasteiger partial charge < -0.3 is 4.74 Å². The first-order valence-electron chi connectivity index (χ1n) is 9.29. The standard InChI is InChI=1S/C21H32O2/c1-14-10-12-20(3)16(13-15(14)2)8-9-18-17(19(22)23-5)7-6-11-21(18,20)4/h10,13,15,17-18H,6-9,11-12H2,1-5H3/t15?,17-,18-,20+,21-/m1/s1. The number of esters is 1. The molecule has 0 spiro atoms. The number of hydrogen-bond acceptors (Lipinski definition) is 2. The van der Waals surface area contributed by atoms with E-state index in [2.05, 4.69) is 39.8 Å². The van der Waals surface area contributed by atoms with Gasteiger partial charge in [0.25, 0.3) is 0 Å². The van der Waals surface area contributed by atoms with Crippen molar-refractivity contribution in [2.75, 3.05) is 7.11 Å². The maximum Gasteiger partial charge on any atom is 0.308 e. The third-order valence-electron chi connectivity index (χ3n) is 7.71. The number of ether oxygens (including phenoxy) is 1. The summed E-state index contributed by atoms with van der Waals surface area (Å²) in [6.07, 6.45) is 11.8. The van der Waals surface area contributed by atoms with Crippen molar-refractivity contribution in [1.29, 1.82) is 0 Å². The Kier molecular flexibility index (Phi) is 4.23. The van der Waals surface area contributed by atoms with Crippen LogP contribution in [0.2, 0.25) is 0 Å². The highest BCUT2D eigenvalue weighted by Gasteiger charge is 2.58. The monoisotopic (exact) mass is 316 g/mol. The van der Waals surface area contributed by atoms with E-state index < -0.39 is 0 Å². The molecule has 3 aliphatic carbocycles. The molecule has 1 unspecified atom stereocenters. The van der Waals surface area contributed by atoms with Gasteiger partial charge in [-0.15, -0.1) is 0 Å². The third-order valence-corrected chi connectivity index (χ3v) is 7.71. The highest BCUT2D eigenvalue weighted by atomic mass is 16.5. The summed E-state index contributed by atoms with van der Waals surface area (Å²) in [7, 11) is 1.55. The van der Waals surface area contributed by atoms with Crippen molar-refractivity contribution in [2.45, 2.75) is 66.2 Å². The van der Waals surface area contributed by atoms with Crippen molar-refractivity contribution in [3.8, 4) is 0 Å². The Balaban J connectivity index is 2.03. The number of carbonyl (C=O) groups is 1. The topological polar surface area (TPSA) is 26.3 Å². The number of fused-ring (bicyclic) bond motifs is 3. The quantitative estimate of drug-likeness (QED) is 0.485. The number of allylic oxidation sites excluding steroid dienone is 4. The predicted molar refractivity (Wildman–Crippen MR) is 93.9 cm³/mol. The third kappa shape index (κ3) is 2.40. The summed E-state index contributed by atoms with van der Waals surface area (Å²) in [6, 6.07) is 0. The minimum Gasteiger partial charge on any atom is -0.469 e. The molecule has 0 saturated heterocycles. The fraction of sp³-hybridized carbons (Fsp3) is 0.762. The van der Waals surface area contributed by atoms with Gasteiger partial charge in [0.05, 0.1) is 13.0 Å². The van der Waals surface area contributed by atoms with E-state index >= 15 is 0 Å². The molecule has 0 aromatic rings. The molecule has 2 saturated carbocycles. The van der Waals surface area contributed by atoms with Gasteiger partial charge in [-0.05, 0) is 61.7 Å². The molecule has 0 radical (unpaired) electrons. The number of carbonyl (C=O) groups excluding carboxylic acids is 1. The van der Waals surface area contributed by atoms with Gasteiger partial charge in [-0.3, -0.25) is 4.79 Å². The van der Waals surface area contributed by atoms with E-state index in [1.54, 1.807) is 12.7 Å². The lowest BCUT2D eigenvalue weighted by atomic mass is 9.44. The van der Waals surface area contributed by atoms with Gasteiger partial charge in [0.15, 0.2) is 0 Å². The number of methoxy groups -OCH3 is 1. The Hall–Kier alpha value is -1.05. The molecule has 2 fully saturated rings. The van der Waals surface area contributed by atoms with Crippen LogP contribution in [0.25, 0.3) is 0 Å². The Morgan fingerprint density at radius 3 is 2.74 bits per heavy atom. The highest BCUT2D eigenvalue weighted by Crippen LogP contribution is 2.65. The molecule has 3 aliphatic rings. The van der Waals surface area contributed by atoms with Crippen molar-refractivity contribution in [3.05, 3.63) is 23.3 Å². The largest absolute Gasteiger partial charge is 0.469 e. The minimum atomic E-state index is 0.0191. The molecule has 0 aromatic heterocycles. The molecule has 0 heterocycles. The van der Waals surface area contributed by atoms with Crippen molar-refractivity contribution in [2.24, 2.45) is 28.6 Å². The molecule has 0 aliphatic heterocycles. The summed E-state index contributed by atoms with van der Waals surface area (Å²) in [4.78, 5) is 12.4. The molecule has 2 nitrogen and oxygen atoms in total. The van der Waals surface area contributed by atoms with E-state index in [4.69, 9.17) is 4.74 Å². The zero-order chi connectivity index (χ0) is 16.8. The van der Waals surface area contributed by atoms with E-state index in [1.165, 1.54) is 12.0 Å². The molecule has 0 bridgehead atoms. The van der Waals surface area contributed by atoms with Crippen LogP contribution < -0.4 is 0 Å². The minimum absolute atomic E-state index is 0.0191. The van der Waals surface area contributed by atoms with Gasteiger partial charge in [0.1, 0.15) is 0 Å². The van der Waals surface area contributed by atoms with Crippen LogP contribution in [0.15, 0.2) is 23.3 Å². The van der Waals surface area contributed by atoms with Crippen LogP contribution in [0.3, 0.4) is 0 Å². The van der Waals surface area contributed by atoms with Crippen molar-refractivity contribution in [1.82, 2.24) is 0 Å². The van der Waals surface area contributed by atoms with Gasteiger partial charge in [-0.2, -0.15) is 0 Å². The first kappa shape index (κ1) is 16.8. The summed E-state index contributed by atoms with van der Waals surface area (Å²) >= 11 is 0. The second-order valence-electron chi connectivity index (χ2n) is 8.55. The fourth-order valence-corrected chi connectivity index (χ4v) is 5.73. The van der Waals surface area contributed by atoms with Gasteiger partial charge >= 0.3 is 5.97 Å². The number of rotatable bonds is 1. The first-order valence-corrected chi connectivity index (χ1v) is 9.29. The van der Waals surface area contributed by atoms with Gasteiger partial charge in [0.2, 0.25) is 0 Å². The number of hydrogen-bond donors (Lipinski definition) is 0. The lowest BCUT2D eigenvalue weighted by Gasteiger charge is -2.59. The van der Waals surface area contributed by atoms with Crippen LogP contribution in [0.5, 0.6) is 0 Å². The Morgan fingerprint density at radius 2 is 2.04 bits per heavy atom. The SMILES string of the molecule is COC(=O)[C@@H]1CCC[C@]2(C)[C@@H]1CCC1=CC(C)C(C)=CC[C@@]12C. The summed E-state index contributed by atoms with van der Waals surface area (Å²) in [5.74, 6) is 1.13. The van der Waals surface area contributed by atoms with Crippen LogP contribution in [-0.2, 0) is 9.53 Å². The van der Waals surface area contributed by atoms with Crippen LogP contribution in [0, 0.1) is 28.6 Å². The zero-order valence-electron chi connectivity index (χ0n) is 15.4. The van der Waals surface area contributed by atoms with Crippen LogP contribution >= 0.6 is 0 Å². The Morgan fingerprint density at radius 1 is 1.30 bits per heavy atom. The normalized spacial score (nSPS) is 43.4. The second-order valence-corrected chi connectivity index (χ2v) is 8.55. The van der Waals surface area contributed by atoms with Crippen LogP contribution in [-0.4, -0.2) is 13.1 Å². The van der Waals surface area contributed by atoms with Crippen molar-refractivity contribution >= 4 is 5.97 Å². The molecule has 5 atom stereocenters. The van der Waals surface area contributed by atoms with E-state index in [-0.39, 0.29) is 22.7 Å². The molecule has 2 heteroatoms. The Bertz CT molecular complexity index is 558. The summed E-state index contributed by atoms with van der Waals surface area (Å²) in [5.41, 5.74) is 3.53. The van der Waals surface area contributed by atoms with Crippen molar-refractivity contribution in [3.63, 3.8) is 0 Å². The lowest BCUT2D eigenvalue weighted by Crippen LogP contribution is -2.53. The van der Waals surface area contributed by atoms with Gasteiger partial charge in [0, 0.05) is 0 Å². The Labute approximate surface area is 141 Å². The average Bonchev–Trinajstić information content (AvgIpc) is 2.65. The van der Waals surface area contributed by atoms with E-state index in [1.807, 2.05) is 0 Å². The first-order chi connectivity index (χ1) is 10.8. The maximum absolute atomic E-state index is 12.4. The molecule has 0 N–H and O–H groups in total. The van der Waals surface area contributed by atoms with Gasteiger partial charge in [-0.1, -0.05) is 50.5 Å². The molecule has 128 valence electrons. The average molecular weight is 316 g/mol. The molecule has 23 heavy (non-hydrogen) atoms. The maximum atomic E-state index is 12.4. The van der Waals surface area contributed by atoms with Gasteiger partial charge in [-0.25, -0.2) is 0 Å². The summed E-state index contributed by atoms with van der Waals surface area (Å²) in [6.45, 7) is 9.50. The summed E-state index contributed by atoms with van der Waals surface area (Å²) < 4.78 is 5.15. The van der Waals surface area contributed by atoms with Crippen LogP contribution in [0.4, 0.5) is 0 Å². The predicted octanol–water partition coefficient (Wildman–Crippen LogP) is 5.29. The fourth-order valence-electron chi connectivity index (χ4n) is 5.73. The molecule has 0 amide bonds. The molecular weight excluding hydrogens is 284 g/mol.